The van der Waals surface area contributed by atoms with Crippen LogP contribution in [-0.2, 0) is 9.53 Å². The summed E-state index contributed by atoms with van der Waals surface area (Å²) in [4.78, 5) is 17.1. The number of ether oxygens (including phenoxy) is 1. The van der Waals surface area contributed by atoms with E-state index in [-0.39, 0.29) is 18.1 Å². The van der Waals surface area contributed by atoms with Gasteiger partial charge < -0.3 is 10.1 Å². The predicted molar refractivity (Wildman–Crippen MR) is 115 cm³/mol. The molecule has 29 heavy (non-hydrogen) atoms. The van der Waals surface area contributed by atoms with Gasteiger partial charge in [0.05, 0.1) is 18.7 Å². The van der Waals surface area contributed by atoms with Crippen LogP contribution in [0.1, 0.15) is 30.0 Å². The zero-order chi connectivity index (χ0) is 19.9. The Morgan fingerprint density at radius 3 is 2.14 bits per heavy atom. The Kier molecular flexibility index (Phi) is 6.93. The summed E-state index contributed by atoms with van der Waals surface area (Å²) >= 11 is 0. The fraction of sp³-hybridized carbons (Fsp3) is 0.458. The Balaban J connectivity index is 1.32. The largest absolute Gasteiger partial charge is 0.376 e. The monoisotopic (exact) mass is 393 g/mol. The Morgan fingerprint density at radius 1 is 0.966 bits per heavy atom. The molecule has 4 rings (SSSR count). The van der Waals surface area contributed by atoms with Gasteiger partial charge in [-0.05, 0) is 24.0 Å². The molecule has 0 saturated carbocycles. The van der Waals surface area contributed by atoms with Gasteiger partial charge in [-0.1, -0.05) is 60.7 Å². The summed E-state index contributed by atoms with van der Waals surface area (Å²) in [7, 11) is 0. The molecule has 0 aromatic heterocycles. The van der Waals surface area contributed by atoms with E-state index < -0.39 is 0 Å². The molecular formula is C24H31N3O2. The molecule has 5 heteroatoms. The number of rotatable bonds is 7. The lowest BCUT2D eigenvalue weighted by Gasteiger charge is -2.39. The van der Waals surface area contributed by atoms with Crippen molar-refractivity contribution in [2.45, 2.75) is 25.0 Å². The van der Waals surface area contributed by atoms with Crippen LogP contribution in [0, 0.1) is 0 Å². The van der Waals surface area contributed by atoms with Gasteiger partial charge in [-0.3, -0.25) is 14.6 Å². The van der Waals surface area contributed by atoms with Crippen molar-refractivity contribution in [3.63, 3.8) is 0 Å². The lowest BCUT2D eigenvalue weighted by atomic mass is 9.96. The van der Waals surface area contributed by atoms with E-state index in [2.05, 4.69) is 75.8 Å². The summed E-state index contributed by atoms with van der Waals surface area (Å²) in [6.07, 6.45) is 2.36. The van der Waals surface area contributed by atoms with Crippen molar-refractivity contribution < 1.29 is 9.53 Å². The third-order valence-corrected chi connectivity index (χ3v) is 5.92. The number of hydrogen-bond donors (Lipinski definition) is 1. The summed E-state index contributed by atoms with van der Waals surface area (Å²) in [5.74, 6) is 0.108. The normalized spacial score (nSPS) is 20.8. The van der Waals surface area contributed by atoms with Crippen molar-refractivity contribution in [3.05, 3.63) is 71.8 Å². The van der Waals surface area contributed by atoms with E-state index in [1.54, 1.807) is 0 Å². The minimum atomic E-state index is 0.108. The molecule has 1 unspecified atom stereocenters. The number of amides is 1. The molecule has 154 valence electrons. The van der Waals surface area contributed by atoms with Crippen molar-refractivity contribution in [2.75, 3.05) is 45.9 Å². The fourth-order valence-electron chi connectivity index (χ4n) is 4.36. The highest BCUT2D eigenvalue weighted by Gasteiger charge is 2.27. The van der Waals surface area contributed by atoms with Gasteiger partial charge in [0.25, 0.3) is 0 Å². The SMILES string of the molecule is O=C(CN1CCN(C(c2ccccc2)c2ccccc2)CC1)NCC1CCCO1. The molecule has 1 N–H and O–H groups in total. The van der Waals surface area contributed by atoms with Gasteiger partial charge in [0.15, 0.2) is 0 Å². The van der Waals surface area contributed by atoms with E-state index in [4.69, 9.17) is 4.74 Å². The van der Waals surface area contributed by atoms with E-state index in [0.29, 0.717) is 13.1 Å². The van der Waals surface area contributed by atoms with E-state index in [9.17, 15) is 4.79 Å². The standard InChI is InChI=1S/C24H31N3O2/c28-23(25-18-22-12-7-17-29-22)19-26-13-15-27(16-14-26)24(20-8-3-1-4-9-20)21-10-5-2-6-11-21/h1-6,8-11,22,24H,7,12-19H2,(H,25,28). The van der Waals surface area contributed by atoms with Crippen LogP contribution < -0.4 is 5.32 Å². The molecule has 2 saturated heterocycles. The number of nitrogens with one attached hydrogen (secondary N) is 1. The van der Waals surface area contributed by atoms with E-state index in [0.717, 1.165) is 45.6 Å². The predicted octanol–water partition coefficient (Wildman–Crippen LogP) is 2.69. The molecule has 2 aliphatic rings. The Morgan fingerprint density at radius 2 is 1.59 bits per heavy atom. The average Bonchev–Trinajstić information content (AvgIpc) is 3.29. The van der Waals surface area contributed by atoms with Crippen LogP contribution in [0.5, 0.6) is 0 Å². The number of carbonyl (C=O) groups is 1. The highest BCUT2D eigenvalue weighted by Crippen LogP contribution is 2.29. The van der Waals surface area contributed by atoms with E-state index in [1.807, 2.05) is 0 Å². The van der Waals surface area contributed by atoms with Gasteiger partial charge in [-0.2, -0.15) is 0 Å². The molecule has 2 aromatic rings. The zero-order valence-electron chi connectivity index (χ0n) is 17.0. The summed E-state index contributed by atoms with van der Waals surface area (Å²) in [5.41, 5.74) is 2.64. The molecule has 0 radical (unpaired) electrons. The number of hydrogen-bond acceptors (Lipinski definition) is 4. The van der Waals surface area contributed by atoms with Gasteiger partial charge in [-0.25, -0.2) is 0 Å². The van der Waals surface area contributed by atoms with Gasteiger partial charge in [0.2, 0.25) is 5.91 Å². The first-order valence-corrected chi connectivity index (χ1v) is 10.7. The van der Waals surface area contributed by atoms with Gasteiger partial charge in [0.1, 0.15) is 0 Å². The fourth-order valence-corrected chi connectivity index (χ4v) is 4.36. The third kappa shape index (κ3) is 5.44. The second-order valence-corrected chi connectivity index (χ2v) is 7.98. The van der Waals surface area contributed by atoms with Gasteiger partial charge in [0, 0.05) is 39.3 Å². The Hall–Kier alpha value is -2.21. The second-order valence-electron chi connectivity index (χ2n) is 7.98. The molecule has 0 aliphatic carbocycles. The summed E-state index contributed by atoms with van der Waals surface area (Å²) in [6.45, 7) is 5.66. The van der Waals surface area contributed by atoms with E-state index >= 15 is 0 Å². The smallest absolute Gasteiger partial charge is 0.234 e. The summed E-state index contributed by atoms with van der Waals surface area (Å²) in [5, 5.41) is 3.04. The summed E-state index contributed by atoms with van der Waals surface area (Å²) in [6, 6.07) is 21.7. The molecule has 5 nitrogen and oxygen atoms in total. The van der Waals surface area contributed by atoms with Crippen molar-refractivity contribution in [1.29, 1.82) is 0 Å². The molecule has 2 aromatic carbocycles. The van der Waals surface area contributed by atoms with Crippen molar-refractivity contribution in [1.82, 2.24) is 15.1 Å². The Bertz CT molecular complexity index is 715. The highest BCUT2D eigenvalue weighted by molar-refractivity contribution is 5.78. The number of piperazine rings is 1. The summed E-state index contributed by atoms with van der Waals surface area (Å²) < 4.78 is 5.58. The van der Waals surface area contributed by atoms with Crippen molar-refractivity contribution in [3.8, 4) is 0 Å². The first-order chi connectivity index (χ1) is 14.3. The molecule has 0 bridgehead atoms. The maximum Gasteiger partial charge on any atom is 0.234 e. The molecule has 2 aliphatic heterocycles. The van der Waals surface area contributed by atoms with Crippen LogP contribution >= 0.6 is 0 Å². The molecule has 0 spiro atoms. The van der Waals surface area contributed by atoms with Crippen molar-refractivity contribution in [2.24, 2.45) is 0 Å². The van der Waals surface area contributed by atoms with Crippen LogP contribution in [-0.4, -0.2) is 67.7 Å². The lowest BCUT2D eigenvalue weighted by Crippen LogP contribution is -2.50. The minimum Gasteiger partial charge on any atom is -0.376 e. The average molecular weight is 394 g/mol. The number of benzene rings is 2. The maximum atomic E-state index is 12.3. The van der Waals surface area contributed by atoms with Crippen LogP contribution in [0.2, 0.25) is 0 Å². The molecule has 2 fully saturated rings. The van der Waals surface area contributed by atoms with Gasteiger partial charge in [-0.15, -0.1) is 0 Å². The lowest BCUT2D eigenvalue weighted by molar-refractivity contribution is -0.123. The maximum absolute atomic E-state index is 12.3. The van der Waals surface area contributed by atoms with Gasteiger partial charge >= 0.3 is 0 Å². The first kappa shape index (κ1) is 20.1. The molecule has 2 heterocycles. The minimum absolute atomic E-state index is 0.108. The molecule has 1 amide bonds. The number of nitrogens with zero attached hydrogens (tertiary/aromatic N) is 2. The topological polar surface area (TPSA) is 44.8 Å². The van der Waals surface area contributed by atoms with E-state index in [1.165, 1.54) is 11.1 Å². The quantitative estimate of drug-likeness (QED) is 0.786. The zero-order valence-corrected chi connectivity index (χ0v) is 17.0. The first-order valence-electron chi connectivity index (χ1n) is 10.7. The second kappa shape index (κ2) is 10.0. The highest BCUT2D eigenvalue weighted by atomic mass is 16.5. The van der Waals surface area contributed by atoms with Crippen LogP contribution in [0.4, 0.5) is 0 Å². The third-order valence-electron chi connectivity index (χ3n) is 5.92. The van der Waals surface area contributed by atoms with Crippen LogP contribution in [0.25, 0.3) is 0 Å². The Labute approximate surface area is 173 Å². The molecular weight excluding hydrogens is 362 g/mol. The van der Waals surface area contributed by atoms with Crippen molar-refractivity contribution >= 4 is 5.91 Å². The molecule has 1 atom stereocenters. The van der Waals surface area contributed by atoms with Crippen LogP contribution in [0.15, 0.2) is 60.7 Å². The number of carbonyl (C=O) groups excluding carboxylic acids is 1. The van der Waals surface area contributed by atoms with Crippen LogP contribution in [0.3, 0.4) is 0 Å².